The Morgan fingerprint density at radius 2 is 1.96 bits per heavy atom. The number of nitrogens with zero attached hydrogens (tertiary/aromatic N) is 2. The molecule has 5 rings (SSSR count). The highest BCUT2D eigenvalue weighted by atomic mass is 16.6. The molecule has 0 saturated carbocycles. The van der Waals surface area contributed by atoms with Crippen LogP contribution >= 0.6 is 0 Å². The highest BCUT2D eigenvalue weighted by molar-refractivity contribution is 5.77. The molecule has 2 aliphatic heterocycles. The fourth-order valence-corrected chi connectivity index (χ4v) is 4.34. The van der Waals surface area contributed by atoms with Crippen LogP contribution < -0.4 is 15.0 Å². The number of benzene rings is 2. The number of ether oxygens (including phenoxy) is 2. The largest absolute Gasteiger partial charge is 0.486 e. The molecule has 28 heavy (non-hydrogen) atoms. The summed E-state index contributed by atoms with van der Waals surface area (Å²) < 4.78 is 11.4. The molecule has 2 atom stereocenters. The topological polar surface area (TPSA) is 67.5 Å². The van der Waals surface area contributed by atoms with Crippen molar-refractivity contribution < 1.29 is 9.47 Å². The van der Waals surface area contributed by atoms with E-state index in [2.05, 4.69) is 28.9 Å². The van der Waals surface area contributed by atoms with Crippen LogP contribution in [0.1, 0.15) is 43.2 Å². The monoisotopic (exact) mass is 377 g/mol. The van der Waals surface area contributed by atoms with Gasteiger partial charge in [0.15, 0.2) is 11.5 Å². The molecule has 6 heteroatoms. The molecule has 0 amide bonds. The predicted molar refractivity (Wildman–Crippen MR) is 107 cm³/mol. The molecule has 2 aliphatic rings. The zero-order valence-electron chi connectivity index (χ0n) is 15.9. The van der Waals surface area contributed by atoms with Gasteiger partial charge in [-0.15, -0.1) is 0 Å². The minimum absolute atomic E-state index is 0.0120. The van der Waals surface area contributed by atoms with Gasteiger partial charge in [0.05, 0.1) is 16.9 Å². The average Bonchev–Trinajstić information content (AvgIpc) is 3.22. The van der Waals surface area contributed by atoms with Gasteiger partial charge in [-0.25, -0.2) is 4.98 Å². The van der Waals surface area contributed by atoms with Crippen LogP contribution in [0.4, 0.5) is 0 Å². The average molecular weight is 377 g/mol. The smallest absolute Gasteiger partial charge is 0.258 e. The van der Waals surface area contributed by atoms with Crippen molar-refractivity contribution >= 4 is 10.9 Å². The molecule has 3 heterocycles. The normalized spacial score (nSPS) is 20.4. The van der Waals surface area contributed by atoms with E-state index in [0.29, 0.717) is 24.4 Å². The Bertz CT molecular complexity index is 1080. The first-order valence-electron chi connectivity index (χ1n) is 9.85. The highest BCUT2D eigenvalue weighted by Crippen LogP contribution is 2.41. The molecule has 1 fully saturated rings. The Hall–Kier alpha value is -2.86. The van der Waals surface area contributed by atoms with Crippen molar-refractivity contribution in [3.8, 4) is 11.5 Å². The van der Waals surface area contributed by atoms with E-state index in [-0.39, 0.29) is 17.6 Å². The lowest BCUT2D eigenvalue weighted by molar-refractivity contribution is 0.168. The quantitative estimate of drug-likeness (QED) is 0.755. The zero-order chi connectivity index (χ0) is 19.1. The number of hydrogen-bond acceptors (Lipinski definition) is 5. The summed E-state index contributed by atoms with van der Waals surface area (Å²) >= 11 is 0. The minimum Gasteiger partial charge on any atom is -0.486 e. The first-order valence-corrected chi connectivity index (χ1v) is 9.85. The van der Waals surface area contributed by atoms with Gasteiger partial charge in [0.1, 0.15) is 19.0 Å². The molecule has 6 nitrogen and oxygen atoms in total. The highest BCUT2D eigenvalue weighted by Gasteiger charge is 2.32. The van der Waals surface area contributed by atoms with E-state index in [1.807, 2.05) is 30.3 Å². The van der Waals surface area contributed by atoms with Crippen LogP contribution in [0.3, 0.4) is 0 Å². The molecular formula is C22H23N3O3. The summed E-state index contributed by atoms with van der Waals surface area (Å²) in [6.07, 6.45) is 2.18. The number of hydrogen-bond donors (Lipinski definition) is 1. The number of para-hydroxylation sites is 1. The molecule has 1 N–H and O–H groups in total. The molecular weight excluding hydrogens is 354 g/mol. The van der Waals surface area contributed by atoms with E-state index in [1.165, 1.54) is 5.56 Å². The van der Waals surface area contributed by atoms with Gasteiger partial charge in [-0.2, -0.15) is 0 Å². The Morgan fingerprint density at radius 3 is 2.86 bits per heavy atom. The Kier molecular flexibility index (Phi) is 4.28. The van der Waals surface area contributed by atoms with Crippen molar-refractivity contribution in [1.29, 1.82) is 0 Å². The van der Waals surface area contributed by atoms with E-state index >= 15 is 0 Å². The molecule has 144 valence electrons. The summed E-state index contributed by atoms with van der Waals surface area (Å²) in [7, 11) is 0. The first-order chi connectivity index (χ1) is 13.7. The number of nitrogens with one attached hydrogen (secondary N) is 1. The number of fused-ring (bicyclic) bond motifs is 2. The first kappa shape index (κ1) is 17.3. The van der Waals surface area contributed by atoms with Crippen molar-refractivity contribution in [3.63, 3.8) is 0 Å². The lowest BCUT2D eigenvalue weighted by Crippen LogP contribution is -2.29. The van der Waals surface area contributed by atoms with Crippen LogP contribution in [0.5, 0.6) is 11.5 Å². The van der Waals surface area contributed by atoms with Gasteiger partial charge in [0, 0.05) is 6.04 Å². The fourth-order valence-electron chi connectivity index (χ4n) is 4.34. The van der Waals surface area contributed by atoms with Gasteiger partial charge in [-0.3, -0.25) is 9.69 Å². The molecule has 0 aliphatic carbocycles. The van der Waals surface area contributed by atoms with Crippen molar-refractivity contribution in [1.82, 2.24) is 14.9 Å². The maximum Gasteiger partial charge on any atom is 0.258 e. The van der Waals surface area contributed by atoms with E-state index < -0.39 is 0 Å². The van der Waals surface area contributed by atoms with Crippen LogP contribution in [0.2, 0.25) is 0 Å². The van der Waals surface area contributed by atoms with Gasteiger partial charge in [0.2, 0.25) is 0 Å². The molecule has 0 spiro atoms. The third-order valence-electron chi connectivity index (χ3n) is 5.77. The lowest BCUT2D eigenvalue weighted by atomic mass is 10.0. The number of rotatable bonds is 3. The summed E-state index contributed by atoms with van der Waals surface area (Å²) in [4.78, 5) is 22.6. The van der Waals surface area contributed by atoms with Gasteiger partial charge >= 0.3 is 0 Å². The van der Waals surface area contributed by atoms with Gasteiger partial charge in [-0.05, 0) is 56.1 Å². The van der Waals surface area contributed by atoms with E-state index in [4.69, 9.17) is 14.5 Å². The van der Waals surface area contributed by atoms with Crippen LogP contribution in [0.15, 0.2) is 47.3 Å². The van der Waals surface area contributed by atoms with E-state index in [1.54, 1.807) is 0 Å². The fraction of sp³-hybridized carbons (Fsp3) is 0.364. The summed E-state index contributed by atoms with van der Waals surface area (Å²) in [6, 6.07) is 14.0. The molecule has 2 aromatic carbocycles. The third kappa shape index (κ3) is 2.94. The number of H-pyrrole nitrogens is 1. The van der Waals surface area contributed by atoms with Gasteiger partial charge < -0.3 is 14.5 Å². The molecule has 1 aromatic heterocycles. The predicted octanol–water partition coefficient (Wildman–Crippen LogP) is 3.59. The number of aromatic amines is 1. The maximum absolute atomic E-state index is 12.5. The lowest BCUT2D eigenvalue weighted by Gasteiger charge is -2.31. The van der Waals surface area contributed by atoms with E-state index in [9.17, 15) is 4.79 Å². The van der Waals surface area contributed by atoms with E-state index in [0.717, 1.165) is 36.4 Å². The molecule has 1 saturated heterocycles. The Balaban J connectivity index is 1.47. The summed E-state index contributed by atoms with van der Waals surface area (Å²) in [5, 5.41) is 0.628. The second-order valence-electron chi connectivity index (χ2n) is 7.44. The summed E-state index contributed by atoms with van der Waals surface area (Å²) in [6.45, 7) is 4.27. The molecule has 0 radical (unpaired) electrons. The number of likely N-dealkylation sites (tertiary alicyclic amines) is 1. The number of aromatic nitrogens is 2. The summed E-state index contributed by atoms with van der Waals surface area (Å²) in [5.41, 5.74) is 1.88. The van der Waals surface area contributed by atoms with Crippen LogP contribution in [-0.2, 0) is 0 Å². The minimum atomic E-state index is -0.0810. The second-order valence-corrected chi connectivity index (χ2v) is 7.44. The van der Waals surface area contributed by atoms with Crippen molar-refractivity contribution in [2.24, 2.45) is 0 Å². The second kappa shape index (κ2) is 6.95. The molecule has 0 unspecified atom stereocenters. The van der Waals surface area contributed by atoms with Crippen molar-refractivity contribution in [3.05, 3.63) is 64.2 Å². The zero-order valence-corrected chi connectivity index (χ0v) is 15.9. The van der Waals surface area contributed by atoms with Gasteiger partial charge in [-0.1, -0.05) is 18.2 Å². The van der Waals surface area contributed by atoms with Crippen LogP contribution in [0, 0.1) is 0 Å². The standard InChI is InChI=1S/C22H23N3O3/c1-14(21-23-17-6-3-2-5-16(17)22(26)24-21)25-10-4-7-18(25)15-8-9-19-20(13-15)28-12-11-27-19/h2-3,5-6,8-9,13-14,18H,4,7,10-12H2,1H3,(H,23,24,26)/t14-,18-/m1/s1. The van der Waals surface area contributed by atoms with Crippen molar-refractivity contribution in [2.45, 2.75) is 31.8 Å². The van der Waals surface area contributed by atoms with Crippen LogP contribution in [-0.4, -0.2) is 34.6 Å². The Morgan fingerprint density at radius 1 is 1.14 bits per heavy atom. The SMILES string of the molecule is C[C@H](c1nc2ccccc2c(=O)[nH]1)N1CCC[C@@H]1c1ccc2c(c1)OCCO2. The molecule has 3 aromatic rings. The van der Waals surface area contributed by atoms with Crippen molar-refractivity contribution in [2.75, 3.05) is 19.8 Å². The maximum atomic E-state index is 12.5. The van der Waals surface area contributed by atoms with Crippen LogP contribution in [0.25, 0.3) is 10.9 Å². The third-order valence-corrected chi connectivity index (χ3v) is 5.77. The Labute approximate surface area is 163 Å². The molecule has 0 bridgehead atoms. The van der Waals surface area contributed by atoms with Gasteiger partial charge in [0.25, 0.3) is 5.56 Å². The summed E-state index contributed by atoms with van der Waals surface area (Å²) in [5.74, 6) is 2.35.